The zero-order valence-corrected chi connectivity index (χ0v) is 22.5. The van der Waals surface area contributed by atoms with Crippen molar-refractivity contribution in [2.45, 2.75) is 59.9 Å². The molecule has 0 unspecified atom stereocenters. The average molecular weight is 473 g/mol. The predicted octanol–water partition coefficient (Wildman–Crippen LogP) is 7.87. The molecule has 180 valence electrons. The second kappa shape index (κ2) is 7.68. The maximum Gasteiger partial charge on any atom is 0.231 e. The standard InChI is InChI=1S/C33H34N3/c1-19(2)13-22-9-10-25-26-14-20(3)21(4)29-31(26)36(27(25)16-22)28-17-23(18-33(5,6)34-7)15-24-11-12-35(8)32(29)30(24)28/h9-12,14-17,19H,13,18H2,1-6,8H3/q+1. The maximum atomic E-state index is 7.70. The summed E-state index contributed by atoms with van der Waals surface area (Å²) in [5.74, 6) is 0.610. The molecule has 3 aromatic carbocycles. The highest BCUT2D eigenvalue weighted by atomic mass is 15.0. The lowest BCUT2D eigenvalue weighted by atomic mass is 9.92. The minimum absolute atomic E-state index is 0.429. The minimum atomic E-state index is -0.429. The molecule has 0 fully saturated rings. The van der Waals surface area contributed by atoms with Crippen LogP contribution in [0.3, 0.4) is 0 Å². The summed E-state index contributed by atoms with van der Waals surface area (Å²) in [5, 5.41) is 6.54. The van der Waals surface area contributed by atoms with Crippen molar-refractivity contribution in [1.82, 2.24) is 4.40 Å². The number of pyridine rings is 2. The molecule has 3 nitrogen and oxygen atoms in total. The van der Waals surface area contributed by atoms with E-state index in [1.54, 1.807) is 0 Å². The lowest BCUT2D eigenvalue weighted by Crippen LogP contribution is -2.29. The van der Waals surface area contributed by atoms with E-state index in [0.29, 0.717) is 5.92 Å². The zero-order chi connectivity index (χ0) is 25.5. The van der Waals surface area contributed by atoms with Gasteiger partial charge in [0.2, 0.25) is 11.1 Å². The third-order valence-corrected chi connectivity index (χ3v) is 7.97. The third-order valence-electron chi connectivity index (χ3n) is 7.97. The van der Waals surface area contributed by atoms with E-state index in [9.17, 15) is 0 Å². The highest BCUT2D eigenvalue weighted by molar-refractivity contribution is 6.26. The fraction of sp³-hybridized carbons (Fsp3) is 0.333. The first-order chi connectivity index (χ1) is 17.1. The minimum Gasteiger partial charge on any atom is -0.311 e. The van der Waals surface area contributed by atoms with Gasteiger partial charge in [0, 0.05) is 30.7 Å². The Labute approximate surface area is 213 Å². The van der Waals surface area contributed by atoms with Crippen LogP contribution in [-0.4, -0.2) is 9.94 Å². The molecule has 0 amide bonds. The Kier molecular flexibility index (Phi) is 4.86. The van der Waals surface area contributed by atoms with Gasteiger partial charge < -0.3 is 9.25 Å². The molecule has 0 aliphatic rings. The fourth-order valence-electron chi connectivity index (χ4n) is 6.25. The molecule has 36 heavy (non-hydrogen) atoms. The van der Waals surface area contributed by atoms with Crippen LogP contribution in [0.25, 0.3) is 53.8 Å². The van der Waals surface area contributed by atoms with Gasteiger partial charge in [0.1, 0.15) is 7.05 Å². The van der Waals surface area contributed by atoms with Crippen molar-refractivity contribution < 1.29 is 4.57 Å². The van der Waals surface area contributed by atoms with E-state index in [1.165, 1.54) is 71.3 Å². The van der Waals surface area contributed by atoms with E-state index >= 15 is 0 Å². The first-order valence-corrected chi connectivity index (χ1v) is 13.0. The van der Waals surface area contributed by atoms with E-state index in [2.05, 4.69) is 97.2 Å². The molecular weight excluding hydrogens is 438 g/mol. The van der Waals surface area contributed by atoms with E-state index in [4.69, 9.17) is 6.57 Å². The van der Waals surface area contributed by atoms with Gasteiger partial charge in [-0.15, -0.1) is 0 Å². The number of aromatic nitrogens is 2. The van der Waals surface area contributed by atoms with Gasteiger partial charge in [-0.3, -0.25) is 0 Å². The van der Waals surface area contributed by atoms with Crippen LogP contribution in [0.2, 0.25) is 0 Å². The number of benzene rings is 3. The highest BCUT2D eigenvalue weighted by Crippen LogP contribution is 2.42. The average Bonchev–Trinajstić information content (AvgIpc) is 3.13. The smallest absolute Gasteiger partial charge is 0.231 e. The molecular formula is C33H34N3+. The first kappa shape index (κ1) is 22.8. The Morgan fingerprint density at radius 2 is 1.69 bits per heavy atom. The summed E-state index contributed by atoms with van der Waals surface area (Å²) in [6, 6.07) is 16.3. The van der Waals surface area contributed by atoms with Crippen LogP contribution >= 0.6 is 0 Å². The number of hydrogen-bond acceptors (Lipinski definition) is 0. The molecule has 6 rings (SSSR count). The summed E-state index contributed by atoms with van der Waals surface area (Å²) in [5.41, 5.74) is 9.99. The topological polar surface area (TPSA) is 12.7 Å². The Morgan fingerprint density at radius 1 is 0.944 bits per heavy atom. The van der Waals surface area contributed by atoms with Gasteiger partial charge >= 0.3 is 0 Å². The van der Waals surface area contributed by atoms with Crippen LogP contribution in [0.1, 0.15) is 49.9 Å². The van der Waals surface area contributed by atoms with Gasteiger partial charge in [0.25, 0.3) is 0 Å². The van der Waals surface area contributed by atoms with Crippen molar-refractivity contribution in [1.29, 1.82) is 0 Å². The van der Waals surface area contributed by atoms with Crippen molar-refractivity contribution in [2.24, 2.45) is 13.0 Å². The second-order valence-corrected chi connectivity index (χ2v) is 11.8. The van der Waals surface area contributed by atoms with Gasteiger partial charge in [-0.25, -0.2) is 11.1 Å². The number of fused-ring (bicyclic) bond motifs is 5. The van der Waals surface area contributed by atoms with Crippen LogP contribution in [0.15, 0.2) is 48.7 Å². The van der Waals surface area contributed by atoms with Crippen molar-refractivity contribution in [3.63, 3.8) is 0 Å². The molecule has 0 saturated heterocycles. The number of rotatable bonds is 4. The second-order valence-electron chi connectivity index (χ2n) is 11.8. The third kappa shape index (κ3) is 3.21. The summed E-state index contributed by atoms with van der Waals surface area (Å²) in [7, 11) is 2.17. The van der Waals surface area contributed by atoms with E-state index in [-0.39, 0.29) is 0 Å². The number of aryl methyl sites for hydroxylation is 3. The Bertz CT molecular complexity index is 1880. The van der Waals surface area contributed by atoms with Crippen LogP contribution in [0.5, 0.6) is 0 Å². The van der Waals surface area contributed by atoms with Gasteiger partial charge in [0.05, 0.1) is 33.7 Å². The fourth-order valence-corrected chi connectivity index (χ4v) is 6.25. The summed E-state index contributed by atoms with van der Waals surface area (Å²) >= 11 is 0. The van der Waals surface area contributed by atoms with Gasteiger partial charge in [0.15, 0.2) is 6.20 Å². The summed E-state index contributed by atoms with van der Waals surface area (Å²) in [6.07, 6.45) is 4.00. The SMILES string of the molecule is [C-]#[N+]C(C)(C)Cc1cc2cc[n+](C)c3c4c(C)c(C)cc5c6ccc(CC(C)C)cc6n(c(c1)c23)c54. The first-order valence-electron chi connectivity index (χ1n) is 13.0. The van der Waals surface area contributed by atoms with Crippen molar-refractivity contribution >= 4 is 49.0 Å². The lowest BCUT2D eigenvalue weighted by Gasteiger charge is -2.17. The van der Waals surface area contributed by atoms with Crippen molar-refractivity contribution in [3.05, 3.63) is 82.3 Å². The molecule has 3 heterocycles. The molecule has 0 radical (unpaired) electrons. The van der Waals surface area contributed by atoms with Gasteiger partial charge in [-0.05, 0) is 72.0 Å². The molecule has 3 heteroatoms. The molecule has 3 aromatic heterocycles. The molecule has 0 N–H and O–H groups in total. The molecule has 0 saturated carbocycles. The van der Waals surface area contributed by atoms with Crippen LogP contribution in [0.4, 0.5) is 0 Å². The maximum absolute atomic E-state index is 7.70. The summed E-state index contributed by atoms with van der Waals surface area (Å²) < 4.78 is 4.82. The van der Waals surface area contributed by atoms with E-state index in [1.807, 2.05) is 13.8 Å². The summed E-state index contributed by atoms with van der Waals surface area (Å²) in [4.78, 5) is 3.91. The Balaban J connectivity index is 1.89. The largest absolute Gasteiger partial charge is 0.311 e. The van der Waals surface area contributed by atoms with Crippen LogP contribution < -0.4 is 4.57 Å². The van der Waals surface area contributed by atoms with Crippen molar-refractivity contribution in [2.75, 3.05) is 0 Å². The Morgan fingerprint density at radius 3 is 2.42 bits per heavy atom. The van der Waals surface area contributed by atoms with E-state index < -0.39 is 5.54 Å². The molecule has 6 aromatic rings. The molecule has 0 bridgehead atoms. The molecule has 0 aliphatic heterocycles. The zero-order valence-electron chi connectivity index (χ0n) is 22.5. The predicted molar refractivity (Wildman–Crippen MR) is 152 cm³/mol. The molecule has 0 spiro atoms. The molecule has 0 atom stereocenters. The van der Waals surface area contributed by atoms with E-state index in [0.717, 1.165) is 12.8 Å². The van der Waals surface area contributed by atoms with Crippen LogP contribution in [-0.2, 0) is 19.9 Å². The quantitative estimate of drug-likeness (QED) is 0.107. The number of nitrogens with zero attached hydrogens (tertiary/aromatic N) is 3. The van der Waals surface area contributed by atoms with Crippen molar-refractivity contribution in [3.8, 4) is 0 Å². The monoisotopic (exact) mass is 472 g/mol. The Hall–Kier alpha value is -3.64. The number of hydrogen-bond donors (Lipinski definition) is 0. The van der Waals surface area contributed by atoms with Crippen LogP contribution in [0, 0.1) is 26.3 Å². The summed E-state index contributed by atoms with van der Waals surface area (Å²) in [6.45, 7) is 20.9. The highest BCUT2D eigenvalue weighted by Gasteiger charge is 2.28. The lowest BCUT2D eigenvalue weighted by molar-refractivity contribution is -0.643. The molecule has 0 aliphatic carbocycles. The normalized spacial score (nSPS) is 12.8. The van der Waals surface area contributed by atoms with Gasteiger partial charge in [-0.2, -0.15) is 0 Å². The van der Waals surface area contributed by atoms with Gasteiger partial charge in [-0.1, -0.05) is 32.0 Å².